The number of halogens is 8. The molecule has 178 valence electrons. The van der Waals surface area contributed by atoms with Gasteiger partial charge in [-0.15, -0.1) is 11.3 Å². The fourth-order valence-electron chi connectivity index (χ4n) is 4.06. The quantitative estimate of drug-likeness (QED) is 0.344. The largest absolute Gasteiger partial charge is 0.380 e. The van der Waals surface area contributed by atoms with Gasteiger partial charge in [0.2, 0.25) is 0 Å². The molecule has 0 radical (unpaired) electrons. The van der Waals surface area contributed by atoms with Crippen molar-refractivity contribution in [3.63, 3.8) is 0 Å². The van der Waals surface area contributed by atoms with E-state index in [9.17, 15) is 22.8 Å². The van der Waals surface area contributed by atoms with E-state index in [4.69, 9.17) is 0 Å². The number of nitrogens with zero attached hydrogens (tertiary/aromatic N) is 2. The number of alkyl halides is 6. The van der Waals surface area contributed by atoms with E-state index in [0.29, 0.717) is 6.07 Å². The third kappa shape index (κ3) is 3.11. The van der Waals surface area contributed by atoms with Gasteiger partial charge < -0.3 is 4.57 Å². The van der Waals surface area contributed by atoms with Gasteiger partial charge in [-0.05, 0) is 49.2 Å². The van der Waals surface area contributed by atoms with Crippen molar-refractivity contribution in [1.29, 1.82) is 5.26 Å². The SMILES string of the molecule is Cc1sc(-c2cc(F)cc(F)c2)cc1C1=C(c2cc(C#N)n(C)c2C)C(F)(F)C(F)(F)C1(F)F. The zero-order valence-electron chi connectivity index (χ0n) is 17.7. The molecular weight excluding hydrogens is 488 g/mol. The Morgan fingerprint density at radius 1 is 0.824 bits per heavy atom. The van der Waals surface area contributed by atoms with Crippen LogP contribution in [0.25, 0.3) is 21.6 Å². The van der Waals surface area contributed by atoms with Crippen molar-refractivity contribution < 1.29 is 35.1 Å². The molecule has 0 aliphatic heterocycles. The van der Waals surface area contributed by atoms with Crippen LogP contribution >= 0.6 is 11.3 Å². The summed E-state index contributed by atoms with van der Waals surface area (Å²) in [5.41, 5.74) is -4.72. The number of benzene rings is 1. The Morgan fingerprint density at radius 3 is 1.85 bits per heavy atom. The molecule has 2 aromatic heterocycles. The highest BCUT2D eigenvalue weighted by Crippen LogP contribution is 2.65. The van der Waals surface area contributed by atoms with Crippen molar-refractivity contribution in [2.45, 2.75) is 31.6 Å². The van der Waals surface area contributed by atoms with Gasteiger partial charge >= 0.3 is 17.8 Å². The van der Waals surface area contributed by atoms with Gasteiger partial charge in [0.15, 0.2) is 0 Å². The van der Waals surface area contributed by atoms with Gasteiger partial charge in [-0.2, -0.15) is 31.6 Å². The lowest BCUT2D eigenvalue weighted by Crippen LogP contribution is -2.48. The minimum Gasteiger partial charge on any atom is -0.339 e. The van der Waals surface area contributed by atoms with E-state index in [1.165, 1.54) is 20.9 Å². The smallest absolute Gasteiger partial charge is 0.339 e. The van der Waals surface area contributed by atoms with Crippen LogP contribution in [-0.4, -0.2) is 22.3 Å². The van der Waals surface area contributed by atoms with E-state index < -0.39 is 51.7 Å². The van der Waals surface area contributed by atoms with Gasteiger partial charge in [-0.3, -0.25) is 0 Å². The Bertz CT molecular complexity index is 1380. The summed E-state index contributed by atoms with van der Waals surface area (Å²) in [6, 6.07) is 5.91. The molecular formula is C23H14F8N2S. The number of allylic oxidation sites excluding steroid dienone is 2. The van der Waals surface area contributed by atoms with Gasteiger partial charge in [0.05, 0.1) is 0 Å². The van der Waals surface area contributed by atoms with Crippen molar-refractivity contribution in [3.8, 4) is 16.5 Å². The second-order valence-corrected chi connectivity index (χ2v) is 9.17. The van der Waals surface area contributed by atoms with Crippen molar-refractivity contribution >= 4 is 22.5 Å². The zero-order chi connectivity index (χ0) is 25.4. The molecule has 0 unspecified atom stereocenters. The average molecular weight is 502 g/mol. The van der Waals surface area contributed by atoms with Gasteiger partial charge in [0.25, 0.3) is 0 Å². The van der Waals surface area contributed by atoms with Gasteiger partial charge in [-0.25, -0.2) is 8.78 Å². The van der Waals surface area contributed by atoms with Crippen LogP contribution in [0.15, 0.2) is 30.3 Å². The van der Waals surface area contributed by atoms with Crippen molar-refractivity contribution in [1.82, 2.24) is 4.57 Å². The molecule has 0 amide bonds. The third-order valence-corrected chi connectivity index (χ3v) is 7.02. The maximum absolute atomic E-state index is 15.1. The number of rotatable bonds is 3. The molecule has 1 aliphatic rings. The van der Waals surface area contributed by atoms with Crippen LogP contribution in [0.1, 0.15) is 27.4 Å². The van der Waals surface area contributed by atoms with Crippen LogP contribution in [0.2, 0.25) is 0 Å². The lowest BCUT2D eigenvalue weighted by atomic mass is 9.94. The van der Waals surface area contributed by atoms with Crippen molar-refractivity contribution in [2.75, 3.05) is 0 Å². The van der Waals surface area contributed by atoms with E-state index in [1.807, 2.05) is 0 Å². The summed E-state index contributed by atoms with van der Waals surface area (Å²) in [4.78, 5) is -0.0102. The Balaban J connectivity index is 2.07. The lowest BCUT2D eigenvalue weighted by Gasteiger charge is -2.25. The molecule has 0 atom stereocenters. The molecule has 4 rings (SSSR count). The minimum absolute atomic E-state index is 0.0228. The molecule has 0 bridgehead atoms. The summed E-state index contributed by atoms with van der Waals surface area (Å²) >= 11 is 0.739. The van der Waals surface area contributed by atoms with Gasteiger partial charge in [-0.1, -0.05) is 0 Å². The molecule has 34 heavy (non-hydrogen) atoms. The fraction of sp³-hybridized carbons (Fsp3) is 0.261. The normalized spacial score (nSPS) is 18.4. The van der Waals surface area contributed by atoms with Crippen LogP contribution in [0.4, 0.5) is 35.1 Å². The van der Waals surface area contributed by atoms with Crippen LogP contribution < -0.4 is 0 Å². The fourth-order valence-corrected chi connectivity index (χ4v) is 5.07. The number of aryl methyl sites for hydroxylation is 1. The van der Waals surface area contributed by atoms with Crippen LogP contribution in [0, 0.1) is 36.8 Å². The van der Waals surface area contributed by atoms with Crippen LogP contribution in [0.5, 0.6) is 0 Å². The van der Waals surface area contributed by atoms with E-state index >= 15 is 17.6 Å². The van der Waals surface area contributed by atoms with Gasteiger partial charge in [0, 0.05) is 45.3 Å². The summed E-state index contributed by atoms with van der Waals surface area (Å²) < 4.78 is 118. The number of hydrogen-bond donors (Lipinski definition) is 0. The first-order valence-corrected chi connectivity index (χ1v) is 10.5. The number of hydrogen-bond acceptors (Lipinski definition) is 2. The highest BCUT2D eigenvalue weighted by molar-refractivity contribution is 7.15. The summed E-state index contributed by atoms with van der Waals surface area (Å²) in [7, 11) is 1.31. The molecule has 0 N–H and O–H groups in total. The maximum atomic E-state index is 15.1. The Morgan fingerprint density at radius 2 is 1.35 bits per heavy atom. The zero-order valence-corrected chi connectivity index (χ0v) is 18.5. The van der Waals surface area contributed by atoms with E-state index in [0.717, 1.165) is 40.2 Å². The minimum atomic E-state index is -5.76. The summed E-state index contributed by atoms with van der Waals surface area (Å²) in [5, 5.41) is 9.21. The second kappa shape index (κ2) is 7.43. The van der Waals surface area contributed by atoms with Crippen LogP contribution in [-0.2, 0) is 7.05 Å². The molecule has 0 fully saturated rings. The standard InChI is InChI=1S/C23H14F8N2S/c1-10-16(7-15(9-32)33(10)3)19-20(22(28,29)23(30,31)21(19,26)27)17-8-18(34-11(17)2)12-4-13(24)6-14(25)5-12/h4-8H,1-3H3. The maximum Gasteiger partial charge on any atom is 0.380 e. The highest BCUT2D eigenvalue weighted by atomic mass is 32.1. The molecule has 3 aromatic rings. The number of nitriles is 1. The summed E-state index contributed by atoms with van der Waals surface area (Å²) in [5.74, 6) is -18.2. The first-order valence-electron chi connectivity index (χ1n) is 9.67. The average Bonchev–Trinajstić information content (AvgIpc) is 3.27. The van der Waals surface area contributed by atoms with Crippen molar-refractivity contribution in [2.24, 2.45) is 7.05 Å². The van der Waals surface area contributed by atoms with Gasteiger partial charge in [0.1, 0.15) is 23.4 Å². The van der Waals surface area contributed by atoms with Crippen LogP contribution in [0.3, 0.4) is 0 Å². The molecule has 0 spiro atoms. The Labute approximate surface area is 192 Å². The molecule has 0 saturated heterocycles. The molecule has 2 nitrogen and oxygen atoms in total. The van der Waals surface area contributed by atoms with E-state index in [2.05, 4.69) is 0 Å². The topological polar surface area (TPSA) is 28.7 Å². The third-order valence-electron chi connectivity index (χ3n) is 5.92. The summed E-state index contributed by atoms with van der Waals surface area (Å²) in [6.07, 6.45) is 0. The molecule has 11 heteroatoms. The molecule has 2 heterocycles. The molecule has 0 saturated carbocycles. The first-order chi connectivity index (χ1) is 15.6. The molecule has 1 aliphatic carbocycles. The predicted octanol–water partition coefficient (Wildman–Crippen LogP) is 7.35. The summed E-state index contributed by atoms with van der Waals surface area (Å²) in [6.45, 7) is 2.50. The number of aromatic nitrogens is 1. The highest BCUT2D eigenvalue weighted by Gasteiger charge is 2.80. The Kier molecular flexibility index (Phi) is 5.25. The first kappa shape index (κ1) is 24.0. The van der Waals surface area contributed by atoms with E-state index in [-0.39, 0.29) is 26.7 Å². The lowest BCUT2D eigenvalue weighted by molar-refractivity contribution is -0.254. The number of thiophene rings is 1. The predicted molar refractivity (Wildman–Crippen MR) is 111 cm³/mol. The molecule has 1 aromatic carbocycles. The monoisotopic (exact) mass is 502 g/mol. The van der Waals surface area contributed by atoms with Crippen molar-refractivity contribution in [3.05, 3.63) is 69.4 Å². The Hall–Kier alpha value is -3.13. The van der Waals surface area contributed by atoms with E-state index in [1.54, 1.807) is 6.07 Å². The second-order valence-electron chi connectivity index (χ2n) is 7.91.